The molecule has 3 aromatic rings. The molecule has 33 heavy (non-hydrogen) atoms. The van der Waals surface area contributed by atoms with Crippen LogP contribution in [0.3, 0.4) is 0 Å². The third-order valence-electron chi connectivity index (χ3n) is 4.65. The van der Waals surface area contributed by atoms with Gasteiger partial charge in [-0.3, -0.25) is 19.8 Å². The first-order chi connectivity index (χ1) is 16.0. The Balaban J connectivity index is 1.58. The van der Waals surface area contributed by atoms with E-state index in [9.17, 15) is 14.9 Å². The normalized spacial score (nSPS) is 16.3. The molecule has 166 valence electrons. The number of nitro benzene ring substituents is 1. The lowest BCUT2D eigenvalue weighted by molar-refractivity contribution is -0.384. The highest BCUT2D eigenvalue weighted by Gasteiger charge is 2.34. The SMILES string of the molecule is COc1ccc(/C=N/N=C2\S/C(=C\c3ccc([N+](=O)[O-])cc3)C(=O)N2Cc2ccco2)cc1. The number of nitro groups is 1. The van der Waals surface area contributed by atoms with Crippen LogP contribution in [0.4, 0.5) is 5.69 Å². The zero-order valence-corrected chi connectivity index (χ0v) is 18.3. The van der Waals surface area contributed by atoms with Gasteiger partial charge in [-0.2, -0.15) is 5.10 Å². The van der Waals surface area contributed by atoms with Gasteiger partial charge in [0.05, 0.1) is 36.0 Å². The van der Waals surface area contributed by atoms with Crippen molar-refractivity contribution in [2.75, 3.05) is 7.11 Å². The quantitative estimate of drug-likeness (QED) is 0.218. The van der Waals surface area contributed by atoms with Gasteiger partial charge in [-0.25, -0.2) is 0 Å². The number of carbonyl (C=O) groups is 1. The second kappa shape index (κ2) is 9.96. The van der Waals surface area contributed by atoms with Crippen molar-refractivity contribution in [1.82, 2.24) is 4.90 Å². The van der Waals surface area contributed by atoms with Gasteiger partial charge in [0.1, 0.15) is 11.5 Å². The fourth-order valence-electron chi connectivity index (χ4n) is 2.96. The smallest absolute Gasteiger partial charge is 0.269 e. The van der Waals surface area contributed by atoms with Gasteiger partial charge in [0.15, 0.2) is 5.17 Å². The number of nitrogens with zero attached hydrogens (tertiary/aromatic N) is 4. The summed E-state index contributed by atoms with van der Waals surface area (Å²) in [4.78, 5) is 25.4. The molecule has 0 saturated carbocycles. The average Bonchev–Trinajstić information content (AvgIpc) is 3.44. The highest BCUT2D eigenvalue weighted by molar-refractivity contribution is 8.18. The molecule has 0 unspecified atom stereocenters. The standard InChI is InChI=1S/C23H18N4O5S/c1-31-19-10-6-17(7-11-19)14-24-25-23-26(15-20-3-2-12-32-20)22(28)21(33-23)13-16-4-8-18(9-5-16)27(29)30/h2-14H,15H2,1H3/b21-13-,24-14+,25-23-. The number of hydrogen-bond donors (Lipinski definition) is 0. The van der Waals surface area contributed by atoms with Crippen LogP contribution in [-0.4, -0.2) is 34.2 Å². The Hall–Kier alpha value is -4.18. The number of thioether (sulfide) groups is 1. The molecule has 0 bridgehead atoms. The number of non-ortho nitro benzene ring substituents is 1. The molecule has 2 heterocycles. The lowest BCUT2D eigenvalue weighted by Crippen LogP contribution is -2.28. The Kier molecular flexibility index (Phi) is 6.65. The fraction of sp³-hybridized carbons (Fsp3) is 0.0870. The summed E-state index contributed by atoms with van der Waals surface area (Å²) in [5.41, 5.74) is 1.48. The van der Waals surface area contributed by atoms with Gasteiger partial charge in [0.2, 0.25) is 0 Å². The maximum absolute atomic E-state index is 13.1. The number of ether oxygens (including phenoxy) is 1. The lowest BCUT2D eigenvalue weighted by atomic mass is 10.2. The van der Waals surface area contributed by atoms with E-state index in [4.69, 9.17) is 9.15 Å². The Bertz CT molecular complexity index is 1230. The van der Waals surface area contributed by atoms with Crippen LogP contribution in [0.2, 0.25) is 0 Å². The van der Waals surface area contributed by atoms with Crippen molar-refractivity contribution in [2.45, 2.75) is 6.54 Å². The number of benzene rings is 2. The summed E-state index contributed by atoms with van der Waals surface area (Å²) in [5.74, 6) is 1.08. The summed E-state index contributed by atoms with van der Waals surface area (Å²) in [7, 11) is 1.60. The first kappa shape index (κ1) is 22.0. The Morgan fingerprint density at radius 2 is 1.85 bits per heavy atom. The summed E-state index contributed by atoms with van der Waals surface area (Å²) < 4.78 is 10.5. The zero-order valence-electron chi connectivity index (χ0n) is 17.5. The van der Waals surface area contributed by atoms with Crippen molar-refractivity contribution >= 4 is 40.8 Å². The summed E-state index contributed by atoms with van der Waals surface area (Å²) in [6, 6.07) is 16.8. The predicted molar refractivity (Wildman–Crippen MR) is 126 cm³/mol. The van der Waals surface area contributed by atoms with Crippen molar-refractivity contribution in [3.05, 3.63) is 98.8 Å². The summed E-state index contributed by atoms with van der Waals surface area (Å²) in [6.07, 6.45) is 4.79. The molecule has 1 aromatic heterocycles. The van der Waals surface area contributed by atoms with Crippen LogP contribution >= 0.6 is 11.8 Å². The predicted octanol–water partition coefficient (Wildman–Crippen LogP) is 4.70. The van der Waals surface area contributed by atoms with Crippen molar-refractivity contribution in [3.63, 3.8) is 0 Å². The van der Waals surface area contributed by atoms with E-state index in [0.29, 0.717) is 21.4 Å². The number of furan rings is 1. The topological polar surface area (TPSA) is 111 Å². The molecule has 9 nitrogen and oxygen atoms in total. The van der Waals surface area contributed by atoms with E-state index < -0.39 is 4.92 Å². The number of amidine groups is 1. The van der Waals surface area contributed by atoms with E-state index in [0.717, 1.165) is 11.3 Å². The van der Waals surface area contributed by atoms with Crippen LogP contribution in [0.25, 0.3) is 6.08 Å². The molecule has 1 aliphatic rings. The summed E-state index contributed by atoms with van der Waals surface area (Å²) in [6.45, 7) is 0.202. The minimum atomic E-state index is -0.469. The van der Waals surface area contributed by atoms with Gasteiger partial charge in [0.25, 0.3) is 11.6 Å². The van der Waals surface area contributed by atoms with Crippen molar-refractivity contribution in [1.29, 1.82) is 0 Å². The van der Waals surface area contributed by atoms with Gasteiger partial charge in [0, 0.05) is 12.1 Å². The first-order valence-corrected chi connectivity index (χ1v) is 10.6. The number of amides is 1. The first-order valence-electron chi connectivity index (χ1n) is 9.77. The van der Waals surface area contributed by atoms with E-state index >= 15 is 0 Å². The van der Waals surface area contributed by atoms with Gasteiger partial charge < -0.3 is 9.15 Å². The van der Waals surface area contributed by atoms with Gasteiger partial charge in [-0.05, 0) is 77.5 Å². The largest absolute Gasteiger partial charge is 0.497 e. The van der Waals surface area contributed by atoms with Crippen LogP contribution < -0.4 is 4.74 Å². The fourth-order valence-corrected chi connectivity index (χ4v) is 3.89. The molecular formula is C23H18N4O5S. The molecule has 0 N–H and O–H groups in total. The third-order valence-corrected chi connectivity index (χ3v) is 5.65. The molecular weight excluding hydrogens is 444 g/mol. The number of methoxy groups -OCH3 is 1. The van der Waals surface area contributed by atoms with Crippen LogP contribution in [0.1, 0.15) is 16.9 Å². The molecule has 1 fully saturated rings. The van der Waals surface area contributed by atoms with Crippen molar-refractivity contribution in [3.8, 4) is 5.75 Å². The molecule has 1 aliphatic heterocycles. The minimum Gasteiger partial charge on any atom is -0.497 e. The highest BCUT2D eigenvalue weighted by atomic mass is 32.2. The molecule has 2 aromatic carbocycles. The molecule has 1 saturated heterocycles. The second-order valence-electron chi connectivity index (χ2n) is 6.83. The number of carbonyl (C=O) groups excluding carboxylic acids is 1. The Morgan fingerprint density at radius 3 is 2.48 bits per heavy atom. The van der Waals surface area contributed by atoms with E-state index in [1.807, 2.05) is 24.3 Å². The number of rotatable bonds is 7. The Labute approximate surface area is 193 Å². The van der Waals surface area contributed by atoms with E-state index in [2.05, 4.69) is 10.2 Å². The third kappa shape index (κ3) is 5.36. The average molecular weight is 462 g/mol. The monoisotopic (exact) mass is 462 g/mol. The maximum Gasteiger partial charge on any atom is 0.269 e. The molecule has 10 heteroatoms. The van der Waals surface area contributed by atoms with E-state index in [-0.39, 0.29) is 18.1 Å². The number of hydrogen-bond acceptors (Lipinski definition) is 8. The van der Waals surface area contributed by atoms with Gasteiger partial charge in [-0.15, -0.1) is 5.10 Å². The van der Waals surface area contributed by atoms with Crippen LogP contribution in [0.15, 0.2) is 86.5 Å². The highest BCUT2D eigenvalue weighted by Crippen LogP contribution is 2.34. The zero-order chi connectivity index (χ0) is 23.2. The molecule has 0 radical (unpaired) electrons. The van der Waals surface area contributed by atoms with Crippen LogP contribution in [0.5, 0.6) is 5.75 Å². The molecule has 0 spiro atoms. The van der Waals surface area contributed by atoms with Gasteiger partial charge >= 0.3 is 0 Å². The maximum atomic E-state index is 13.1. The molecule has 0 aliphatic carbocycles. The molecule has 4 rings (SSSR count). The Morgan fingerprint density at radius 1 is 1.12 bits per heavy atom. The molecule has 0 atom stereocenters. The summed E-state index contributed by atoms with van der Waals surface area (Å²) in [5, 5.41) is 19.7. The van der Waals surface area contributed by atoms with Crippen LogP contribution in [0, 0.1) is 10.1 Å². The van der Waals surface area contributed by atoms with Crippen LogP contribution in [-0.2, 0) is 11.3 Å². The molecule has 1 amide bonds. The summed E-state index contributed by atoms with van der Waals surface area (Å²) >= 11 is 1.17. The van der Waals surface area contributed by atoms with E-state index in [1.54, 1.807) is 43.7 Å². The van der Waals surface area contributed by atoms with Gasteiger partial charge in [-0.1, -0.05) is 0 Å². The van der Waals surface area contributed by atoms with Crippen molar-refractivity contribution in [2.24, 2.45) is 10.2 Å². The lowest BCUT2D eigenvalue weighted by Gasteiger charge is -2.12. The van der Waals surface area contributed by atoms with Crippen molar-refractivity contribution < 1.29 is 18.9 Å². The van der Waals surface area contributed by atoms with E-state index in [1.165, 1.54) is 35.1 Å². The second-order valence-corrected chi connectivity index (χ2v) is 7.84. The minimum absolute atomic E-state index is 0.0166.